The van der Waals surface area contributed by atoms with E-state index in [-0.39, 0.29) is 10.6 Å². The minimum Gasteiger partial charge on any atom is -0.477 e. The van der Waals surface area contributed by atoms with Gasteiger partial charge in [-0.05, 0) is 18.7 Å². The Hall–Kier alpha value is -1.15. The second-order valence-corrected chi connectivity index (χ2v) is 2.31. The van der Waals surface area contributed by atoms with Crippen LogP contribution in [-0.2, 0) is 4.79 Å². The molecule has 0 rings (SSSR count). The van der Waals surface area contributed by atoms with Crippen molar-refractivity contribution < 1.29 is 9.90 Å². The minimum atomic E-state index is -1.16. The third-order valence-electron chi connectivity index (χ3n) is 0.700. The van der Waals surface area contributed by atoms with E-state index in [1.165, 1.54) is 6.92 Å². The van der Waals surface area contributed by atoms with E-state index in [9.17, 15) is 4.79 Å². The van der Waals surface area contributed by atoms with Crippen LogP contribution in [0.2, 0.25) is 0 Å². The van der Waals surface area contributed by atoms with Crippen molar-refractivity contribution in [1.29, 1.82) is 5.26 Å². The highest BCUT2D eigenvalue weighted by Crippen LogP contribution is 2.15. The van der Waals surface area contributed by atoms with Crippen molar-refractivity contribution in [1.82, 2.24) is 0 Å². The molecule has 0 bridgehead atoms. The number of nitrogens with zero attached hydrogens (tertiary/aromatic N) is 1. The topological polar surface area (TPSA) is 87.1 Å². The van der Waals surface area contributed by atoms with Gasteiger partial charge >= 0.3 is 5.97 Å². The minimum absolute atomic E-state index is 0.109. The summed E-state index contributed by atoms with van der Waals surface area (Å²) >= 11 is 0.553. The van der Waals surface area contributed by atoms with Gasteiger partial charge in [0.1, 0.15) is 10.3 Å². The maximum Gasteiger partial charge on any atom is 0.345 e. The van der Waals surface area contributed by atoms with Crippen molar-refractivity contribution in [3.05, 3.63) is 10.6 Å². The molecule has 0 heterocycles. The van der Waals surface area contributed by atoms with Gasteiger partial charge in [0, 0.05) is 5.70 Å². The molecule has 54 valence electrons. The zero-order valence-electron chi connectivity index (χ0n) is 5.29. The standard InChI is InChI=1S/C5H6N2O2S/c1-3(7)4(5(8)9)10-2-6/h7H2,1H3,(H,8,9)/b4-3+. The Balaban J connectivity index is 4.48. The molecular formula is C5H6N2O2S. The fraction of sp³-hybridized carbons (Fsp3) is 0.200. The first-order valence-corrected chi connectivity index (χ1v) is 3.16. The molecule has 4 nitrogen and oxygen atoms in total. The number of hydrogen-bond acceptors (Lipinski definition) is 4. The third-order valence-corrected chi connectivity index (χ3v) is 1.49. The van der Waals surface area contributed by atoms with Crippen molar-refractivity contribution in [3.8, 4) is 5.40 Å². The molecule has 0 aliphatic rings. The monoisotopic (exact) mass is 158 g/mol. The molecule has 3 N–H and O–H groups in total. The normalized spacial score (nSPS) is 11.6. The van der Waals surface area contributed by atoms with Gasteiger partial charge in [0.2, 0.25) is 0 Å². The summed E-state index contributed by atoms with van der Waals surface area (Å²) < 4.78 is 0. The van der Waals surface area contributed by atoms with Crippen LogP contribution in [0.1, 0.15) is 6.92 Å². The van der Waals surface area contributed by atoms with E-state index >= 15 is 0 Å². The average molecular weight is 158 g/mol. The number of thioether (sulfide) groups is 1. The van der Waals surface area contributed by atoms with Crippen LogP contribution in [0.5, 0.6) is 0 Å². The number of nitrogens with two attached hydrogens (primary N) is 1. The van der Waals surface area contributed by atoms with Gasteiger partial charge in [0.25, 0.3) is 0 Å². The molecule has 0 aliphatic carbocycles. The number of rotatable bonds is 2. The lowest BCUT2D eigenvalue weighted by atomic mass is 10.4. The number of allylic oxidation sites excluding steroid dienone is 1. The smallest absolute Gasteiger partial charge is 0.345 e. The molecule has 0 atom stereocenters. The summed E-state index contributed by atoms with van der Waals surface area (Å²) in [6, 6.07) is 0. The van der Waals surface area contributed by atoms with Crippen molar-refractivity contribution in [2.45, 2.75) is 6.92 Å². The van der Waals surface area contributed by atoms with E-state index in [0.29, 0.717) is 11.8 Å². The van der Waals surface area contributed by atoms with Gasteiger partial charge in [-0.2, -0.15) is 5.26 Å². The summed E-state index contributed by atoms with van der Waals surface area (Å²) in [7, 11) is 0. The van der Waals surface area contributed by atoms with E-state index < -0.39 is 5.97 Å². The van der Waals surface area contributed by atoms with Gasteiger partial charge in [-0.1, -0.05) is 0 Å². The fourth-order valence-electron chi connectivity index (χ4n) is 0.338. The largest absolute Gasteiger partial charge is 0.477 e. The summed E-state index contributed by atoms with van der Waals surface area (Å²) in [5.74, 6) is -1.16. The Morgan fingerprint density at radius 3 is 2.40 bits per heavy atom. The van der Waals surface area contributed by atoms with Crippen molar-refractivity contribution in [2.75, 3.05) is 0 Å². The first-order valence-electron chi connectivity index (χ1n) is 2.35. The molecule has 10 heavy (non-hydrogen) atoms. The highest BCUT2D eigenvalue weighted by Gasteiger charge is 2.09. The second kappa shape index (κ2) is 3.80. The van der Waals surface area contributed by atoms with Crippen molar-refractivity contribution in [3.63, 3.8) is 0 Å². The average Bonchev–Trinajstić information content (AvgIpc) is 1.81. The SMILES string of the molecule is C/C(N)=C(\SC#N)C(=O)O. The van der Waals surface area contributed by atoms with Crippen LogP contribution in [0.15, 0.2) is 10.6 Å². The Bertz CT molecular complexity index is 212. The van der Waals surface area contributed by atoms with E-state index in [4.69, 9.17) is 16.1 Å². The Labute approximate surface area is 62.3 Å². The van der Waals surface area contributed by atoms with E-state index in [1.54, 1.807) is 5.40 Å². The number of thiocyanates is 1. The Morgan fingerprint density at radius 2 is 2.30 bits per heavy atom. The molecule has 0 aromatic carbocycles. The predicted octanol–water partition coefficient (Wildman–Crippen LogP) is 0.475. The molecule has 0 saturated carbocycles. The molecule has 0 radical (unpaired) electrons. The summed E-state index contributed by atoms with van der Waals surface area (Å²) in [5.41, 5.74) is 5.30. The number of aliphatic carboxylic acids is 1. The number of nitriles is 1. The summed E-state index contributed by atoms with van der Waals surface area (Å²) in [6.45, 7) is 1.44. The van der Waals surface area contributed by atoms with Crippen LogP contribution in [-0.4, -0.2) is 11.1 Å². The predicted molar refractivity (Wildman–Crippen MR) is 37.7 cm³/mol. The van der Waals surface area contributed by atoms with Gasteiger partial charge in [0.15, 0.2) is 0 Å². The molecular weight excluding hydrogens is 152 g/mol. The van der Waals surface area contributed by atoms with Crippen LogP contribution < -0.4 is 5.73 Å². The number of carbonyl (C=O) groups is 1. The number of hydrogen-bond donors (Lipinski definition) is 2. The zero-order valence-corrected chi connectivity index (χ0v) is 6.10. The quantitative estimate of drug-likeness (QED) is 0.450. The van der Waals surface area contributed by atoms with Crippen molar-refractivity contribution >= 4 is 17.7 Å². The highest BCUT2D eigenvalue weighted by atomic mass is 32.2. The van der Waals surface area contributed by atoms with E-state index in [0.717, 1.165) is 0 Å². The highest BCUT2D eigenvalue weighted by molar-refractivity contribution is 8.08. The van der Waals surface area contributed by atoms with E-state index in [2.05, 4.69) is 0 Å². The molecule has 0 fully saturated rings. The maximum absolute atomic E-state index is 10.2. The lowest BCUT2D eigenvalue weighted by molar-refractivity contribution is -0.131. The summed E-state index contributed by atoms with van der Waals surface area (Å²) in [4.78, 5) is 10.1. The van der Waals surface area contributed by atoms with Crippen LogP contribution in [0.25, 0.3) is 0 Å². The molecule has 0 spiro atoms. The Morgan fingerprint density at radius 1 is 1.80 bits per heavy atom. The van der Waals surface area contributed by atoms with Crippen LogP contribution in [0, 0.1) is 10.7 Å². The second-order valence-electron chi connectivity index (χ2n) is 1.51. The molecule has 0 aromatic heterocycles. The first-order chi connectivity index (χ1) is 4.59. The van der Waals surface area contributed by atoms with Crippen molar-refractivity contribution in [2.24, 2.45) is 5.73 Å². The van der Waals surface area contributed by atoms with Gasteiger partial charge < -0.3 is 10.8 Å². The lowest BCUT2D eigenvalue weighted by Crippen LogP contribution is -2.04. The molecule has 5 heteroatoms. The van der Waals surface area contributed by atoms with Crippen LogP contribution in [0.4, 0.5) is 0 Å². The molecule has 0 aromatic rings. The maximum atomic E-state index is 10.2. The summed E-state index contributed by atoms with van der Waals surface area (Å²) in [5, 5.41) is 18.1. The Kier molecular flexibility index (Phi) is 3.36. The van der Waals surface area contributed by atoms with Gasteiger partial charge in [0.05, 0.1) is 0 Å². The van der Waals surface area contributed by atoms with Crippen LogP contribution >= 0.6 is 11.8 Å². The van der Waals surface area contributed by atoms with E-state index in [1.807, 2.05) is 0 Å². The zero-order chi connectivity index (χ0) is 8.15. The molecule has 0 unspecified atom stereocenters. The van der Waals surface area contributed by atoms with Gasteiger partial charge in [-0.3, -0.25) is 0 Å². The summed E-state index contributed by atoms with van der Waals surface area (Å²) in [6.07, 6.45) is 0. The lowest BCUT2D eigenvalue weighted by Gasteiger charge is -1.95. The fourth-order valence-corrected chi connectivity index (χ4v) is 0.678. The molecule has 0 amide bonds. The van der Waals surface area contributed by atoms with Gasteiger partial charge in [-0.25, -0.2) is 4.79 Å². The number of carboxylic acid groups (broad SMARTS) is 1. The van der Waals surface area contributed by atoms with Crippen LogP contribution in [0.3, 0.4) is 0 Å². The first kappa shape index (κ1) is 8.85. The van der Waals surface area contributed by atoms with Gasteiger partial charge in [-0.15, -0.1) is 0 Å². The molecule has 0 saturated heterocycles. The molecule has 0 aliphatic heterocycles. The third kappa shape index (κ3) is 2.42. The number of carboxylic acids is 1.